The number of nitrogens with zero attached hydrogens (tertiary/aromatic N) is 2. The Kier molecular flexibility index (Phi) is 3.97. The minimum absolute atomic E-state index is 0.323. The number of anilines is 1. The van der Waals surface area contributed by atoms with E-state index >= 15 is 0 Å². The lowest BCUT2D eigenvalue weighted by molar-refractivity contribution is -0.0704. The molecule has 0 bridgehead atoms. The predicted molar refractivity (Wildman–Crippen MR) is 69.1 cm³/mol. The van der Waals surface area contributed by atoms with Gasteiger partial charge < -0.3 is 10.1 Å². The summed E-state index contributed by atoms with van der Waals surface area (Å²) in [6.07, 6.45) is 2.50. The van der Waals surface area contributed by atoms with Gasteiger partial charge in [0.15, 0.2) is 0 Å². The van der Waals surface area contributed by atoms with E-state index in [-0.39, 0.29) is 0 Å². The van der Waals surface area contributed by atoms with E-state index in [4.69, 9.17) is 4.74 Å². The Hall–Kier alpha value is -1.13. The number of rotatable bonds is 3. The average molecular weight is 235 g/mol. The Balaban J connectivity index is 1.99. The third-order valence-electron chi connectivity index (χ3n) is 2.98. The Labute approximate surface area is 103 Å². The number of pyridine rings is 1. The molecule has 0 spiro atoms. The van der Waals surface area contributed by atoms with Crippen LogP contribution in [0.25, 0.3) is 0 Å². The summed E-state index contributed by atoms with van der Waals surface area (Å²) in [5, 5.41) is 3.07. The van der Waals surface area contributed by atoms with E-state index in [1.54, 1.807) is 0 Å². The van der Waals surface area contributed by atoms with Crippen LogP contribution in [0.15, 0.2) is 18.3 Å². The first-order valence-corrected chi connectivity index (χ1v) is 6.18. The van der Waals surface area contributed by atoms with Gasteiger partial charge in [-0.25, -0.2) is 4.98 Å². The molecule has 0 aromatic carbocycles. The summed E-state index contributed by atoms with van der Waals surface area (Å²) < 4.78 is 5.73. The first-order chi connectivity index (χ1) is 8.17. The lowest BCUT2D eigenvalue weighted by atomic mass is 10.2. The first-order valence-electron chi connectivity index (χ1n) is 6.18. The number of aromatic nitrogens is 1. The molecule has 1 aromatic heterocycles. The van der Waals surface area contributed by atoms with E-state index in [2.05, 4.69) is 41.2 Å². The van der Waals surface area contributed by atoms with Crippen molar-refractivity contribution in [3.05, 3.63) is 23.9 Å². The largest absolute Gasteiger partial charge is 0.373 e. The fourth-order valence-electron chi connectivity index (χ4n) is 2.38. The maximum Gasteiger partial charge on any atom is 0.125 e. The molecule has 4 nitrogen and oxygen atoms in total. The van der Waals surface area contributed by atoms with Crippen LogP contribution in [0.4, 0.5) is 5.82 Å². The smallest absolute Gasteiger partial charge is 0.125 e. The van der Waals surface area contributed by atoms with Crippen molar-refractivity contribution < 1.29 is 4.74 Å². The number of hydrogen-bond acceptors (Lipinski definition) is 4. The van der Waals surface area contributed by atoms with Gasteiger partial charge >= 0.3 is 0 Å². The van der Waals surface area contributed by atoms with Crippen LogP contribution in [0, 0.1) is 0 Å². The zero-order valence-electron chi connectivity index (χ0n) is 10.8. The summed E-state index contributed by atoms with van der Waals surface area (Å²) in [6, 6.07) is 4.18. The van der Waals surface area contributed by atoms with E-state index in [0.717, 1.165) is 25.5 Å². The molecule has 0 amide bonds. The van der Waals surface area contributed by atoms with Gasteiger partial charge in [-0.2, -0.15) is 0 Å². The minimum atomic E-state index is 0.323. The van der Waals surface area contributed by atoms with Crippen LogP contribution in [0.5, 0.6) is 0 Å². The molecular formula is C13H21N3O. The molecule has 0 aliphatic carbocycles. The highest BCUT2D eigenvalue weighted by Crippen LogP contribution is 2.15. The number of nitrogens with one attached hydrogen (secondary N) is 1. The Morgan fingerprint density at radius 3 is 2.76 bits per heavy atom. The molecule has 17 heavy (non-hydrogen) atoms. The van der Waals surface area contributed by atoms with Crippen molar-refractivity contribution in [3.63, 3.8) is 0 Å². The molecule has 0 radical (unpaired) electrons. The van der Waals surface area contributed by atoms with Crippen LogP contribution in [0.1, 0.15) is 19.4 Å². The molecule has 1 N–H and O–H groups in total. The highest BCUT2D eigenvalue weighted by atomic mass is 16.5. The Bertz CT molecular complexity index is 359. The van der Waals surface area contributed by atoms with Gasteiger partial charge in [0.25, 0.3) is 0 Å². The van der Waals surface area contributed by atoms with Crippen molar-refractivity contribution in [3.8, 4) is 0 Å². The fraction of sp³-hybridized carbons (Fsp3) is 0.615. The van der Waals surface area contributed by atoms with E-state index < -0.39 is 0 Å². The van der Waals surface area contributed by atoms with E-state index in [1.807, 2.05) is 13.2 Å². The zero-order chi connectivity index (χ0) is 12.3. The second kappa shape index (κ2) is 5.47. The second-order valence-electron chi connectivity index (χ2n) is 4.75. The number of ether oxygens (including phenoxy) is 1. The topological polar surface area (TPSA) is 37.4 Å². The molecule has 2 heterocycles. The van der Waals surface area contributed by atoms with Gasteiger partial charge in [-0.3, -0.25) is 4.90 Å². The molecule has 2 rings (SSSR count). The van der Waals surface area contributed by atoms with Gasteiger partial charge in [0.05, 0.1) is 12.2 Å². The predicted octanol–water partition coefficient (Wildman–Crippen LogP) is 1.73. The van der Waals surface area contributed by atoms with E-state index in [1.165, 1.54) is 5.56 Å². The van der Waals surface area contributed by atoms with Crippen molar-refractivity contribution in [2.75, 3.05) is 25.5 Å². The first kappa shape index (κ1) is 12.3. The molecule has 0 saturated carbocycles. The average Bonchev–Trinajstić information content (AvgIpc) is 2.28. The standard InChI is InChI=1S/C13H21N3O/c1-10-7-16(8-11(2)17-10)9-12-4-5-15-13(6-12)14-3/h4-6,10-11H,7-9H2,1-3H3,(H,14,15). The quantitative estimate of drug-likeness (QED) is 0.866. The van der Waals surface area contributed by atoms with Crippen molar-refractivity contribution >= 4 is 5.82 Å². The van der Waals surface area contributed by atoms with Gasteiger partial charge in [0.2, 0.25) is 0 Å². The van der Waals surface area contributed by atoms with Crippen LogP contribution in [0.3, 0.4) is 0 Å². The maximum atomic E-state index is 5.73. The van der Waals surface area contributed by atoms with Gasteiger partial charge in [-0.15, -0.1) is 0 Å². The maximum absolute atomic E-state index is 5.73. The summed E-state index contributed by atoms with van der Waals surface area (Å²) >= 11 is 0. The van der Waals surface area contributed by atoms with Crippen molar-refractivity contribution in [2.24, 2.45) is 0 Å². The van der Waals surface area contributed by atoms with Crippen LogP contribution in [0.2, 0.25) is 0 Å². The van der Waals surface area contributed by atoms with Crippen LogP contribution in [-0.4, -0.2) is 42.2 Å². The van der Waals surface area contributed by atoms with Gasteiger partial charge in [-0.1, -0.05) is 0 Å². The fourth-order valence-corrected chi connectivity index (χ4v) is 2.38. The third kappa shape index (κ3) is 3.41. The number of hydrogen-bond donors (Lipinski definition) is 1. The van der Waals surface area contributed by atoms with Crippen molar-refractivity contribution in [1.82, 2.24) is 9.88 Å². The van der Waals surface area contributed by atoms with Gasteiger partial charge in [-0.05, 0) is 31.5 Å². The molecule has 1 saturated heterocycles. The van der Waals surface area contributed by atoms with E-state index in [9.17, 15) is 0 Å². The molecular weight excluding hydrogens is 214 g/mol. The second-order valence-corrected chi connectivity index (χ2v) is 4.75. The summed E-state index contributed by atoms with van der Waals surface area (Å²) in [5.74, 6) is 0.928. The van der Waals surface area contributed by atoms with Crippen LogP contribution >= 0.6 is 0 Å². The van der Waals surface area contributed by atoms with Crippen LogP contribution < -0.4 is 5.32 Å². The van der Waals surface area contributed by atoms with Crippen molar-refractivity contribution in [1.29, 1.82) is 0 Å². The van der Waals surface area contributed by atoms with E-state index in [0.29, 0.717) is 12.2 Å². The minimum Gasteiger partial charge on any atom is -0.373 e. The third-order valence-corrected chi connectivity index (χ3v) is 2.98. The molecule has 1 aliphatic heterocycles. The zero-order valence-corrected chi connectivity index (χ0v) is 10.8. The summed E-state index contributed by atoms with van der Waals surface area (Å²) in [7, 11) is 1.89. The molecule has 2 atom stereocenters. The Morgan fingerprint density at radius 1 is 1.41 bits per heavy atom. The highest BCUT2D eigenvalue weighted by Gasteiger charge is 2.21. The van der Waals surface area contributed by atoms with Crippen LogP contribution in [-0.2, 0) is 11.3 Å². The summed E-state index contributed by atoms with van der Waals surface area (Å²) in [5.41, 5.74) is 1.30. The summed E-state index contributed by atoms with van der Waals surface area (Å²) in [6.45, 7) is 7.24. The monoisotopic (exact) mass is 235 g/mol. The molecule has 4 heteroatoms. The molecule has 2 unspecified atom stereocenters. The molecule has 1 fully saturated rings. The highest BCUT2D eigenvalue weighted by molar-refractivity contribution is 5.36. The van der Waals surface area contributed by atoms with Crippen molar-refractivity contribution in [2.45, 2.75) is 32.6 Å². The summed E-state index contributed by atoms with van der Waals surface area (Å²) in [4.78, 5) is 6.66. The molecule has 1 aromatic rings. The lowest BCUT2D eigenvalue weighted by Crippen LogP contribution is -2.44. The molecule has 94 valence electrons. The lowest BCUT2D eigenvalue weighted by Gasteiger charge is -2.35. The molecule has 1 aliphatic rings. The Morgan fingerprint density at radius 2 is 2.12 bits per heavy atom. The SMILES string of the molecule is CNc1cc(CN2CC(C)OC(C)C2)ccn1. The number of morpholine rings is 1. The normalized spacial score (nSPS) is 25.8. The van der Waals surface area contributed by atoms with Gasteiger partial charge in [0, 0.05) is 32.9 Å². The van der Waals surface area contributed by atoms with Gasteiger partial charge in [0.1, 0.15) is 5.82 Å².